The Labute approximate surface area is 137 Å². The van der Waals surface area contributed by atoms with Gasteiger partial charge in [-0.2, -0.15) is 0 Å². The Balaban J connectivity index is 2.36. The maximum Gasteiger partial charge on any atom is 0.200 e. The summed E-state index contributed by atoms with van der Waals surface area (Å²) in [6, 6.07) is 14.5. The van der Waals surface area contributed by atoms with Crippen molar-refractivity contribution in [3.05, 3.63) is 59.7 Å². The van der Waals surface area contributed by atoms with Gasteiger partial charge >= 0.3 is 0 Å². The first-order valence-electron chi connectivity index (χ1n) is 7.75. The number of carbonyl (C=O) groups is 1. The average molecular weight is 314 g/mol. The first-order chi connectivity index (χ1) is 11.3. The molecule has 0 N–H and O–H groups in total. The van der Waals surface area contributed by atoms with Crippen molar-refractivity contribution in [2.75, 3.05) is 20.5 Å². The van der Waals surface area contributed by atoms with E-state index in [2.05, 4.69) is 6.92 Å². The lowest BCUT2D eigenvalue weighted by Crippen LogP contribution is -2.10. The summed E-state index contributed by atoms with van der Waals surface area (Å²) >= 11 is 0. The van der Waals surface area contributed by atoms with Gasteiger partial charge in [0.2, 0.25) is 5.78 Å². The van der Waals surface area contributed by atoms with Gasteiger partial charge in [-0.05, 0) is 18.6 Å². The third kappa shape index (κ3) is 4.57. The minimum atomic E-state index is -0.121. The summed E-state index contributed by atoms with van der Waals surface area (Å²) in [4.78, 5) is 12.9. The van der Waals surface area contributed by atoms with Crippen molar-refractivity contribution < 1.29 is 19.0 Å². The maximum absolute atomic E-state index is 12.9. The van der Waals surface area contributed by atoms with Crippen LogP contribution in [-0.4, -0.2) is 26.3 Å². The van der Waals surface area contributed by atoms with Gasteiger partial charge in [0.1, 0.15) is 17.1 Å². The van der Waals surface area contributed by atoms with Crippen LogP contribution in [0.4, 0.5) is 0 Å². The van der Waals surface area contributed by atoms with Crippen molar-refractivity contribution in [2.24, 2.45) is 0 Å². The van der Waals surface area contributed by atoms with Crippen LogP contribution in [0.2, 0.25) is 0 Å². The molecule has 0 fully saturated rings. The van der Waals surface area contributed by atoms with Crippen LogP contribution in [0.15, 0.2) is 48.5 Å². The molecule has 0 unspecified atom stereocenters. The zero-order valence-corrected chi connectivity index (χ0v) is 13.6. The molecular formula is C19H22O4. The monoisotopic (exact) mass is 314 g/mol. The van der Waals surface area contributed by atoms with Gasteiger partial charge in [-0.25, -0.2) is 0 Å². The highest BCUT2D eigenvalue weighted by Gasteiger charge is 2.20. The average Bonchev–Trinajstić information content (AvgIpc) is 2.60. The smallest absolute Gasteiger partial charge is 0.200 e. The van der Waals surface area contributed by atoms with Gasteiger partial charge in [0.15, 0.2) is 6.79 Å². The molecule has 4 heteroatoms. The quantitative estimate of drug-likeness (QED) is 0.397. The largest absolute Gasteiger partial charge is 0.493 e. The van der Waals surface area contributed by atoms with Gasteiger partial charge in [-0.15, -0.1) is 0 Å². The molecule has 0 spiro atoms. The molecule has 0 amide bonds. The van der Waals surface area contributed by atoms with Crippen molar-refractivity contribution in [1.82, 2.24) is 0 Å². The first kappa shape index (κ1) is 17.0. The van der Waals surface area contributed by atoms with E-state index in [0.29, 0.717) is 29.2 Å². The zero-order chi connectivity index (χ0) is 16.5. The number of unbranched alkanes of at least 4 members (excludes halogenated alkanes) is 1. The van der Waals surface area contributed by atoms with Crippen molar-refractivity contribution in [3.8, 4) is 11.5 Å². The number of benzene rings is 2. The number of ether oxygens (including phenoxy) is 3. The summed E-state index contributed by atoms with van der Waals surface area (Å²) < 4.78 is 16.3. The number of hydrogen-bond acceptors (Lipinski definition) is 4. The second kappa shape index (κ2) is 8.96. The summed E-state index contributed by atoms with van der Waals surface area (Å²) in [5.74, 6) is 0.888. The van der Waals surface area contributed by atoms with E-state index in [0.717, 1.165) is 12.8 Å². The van der Waals surface area contributed by atoms with Crippen LogP contribution in [0.1, 0.15) is 35.7 Å². The maximum atomic E-state index is 12.9. The van der Waals surface area contributed by atoms with Gasteiger partial charge in [0.05, 0.1) is 6.61 Å². The Morgan fingerprint density at radius 1 is 0.957 bits per heavy atom. The highest BCUT2D eigenvalue weighted by molar-refractivity contribution is 6.12. The van der Waals surface area contributed by atoms with Crippen LogP contribution < -0.4 is 9.47 Å². The number of methoxy groups -OCH3 is 1. The van der Waals surface area contributed by atoms with Gasteiger partial charge in [-0.3, -0.25) is 4.79 Å². The molecule has 2 aromatic carbocycles. The number of ketones is 1. The van der Waals surface area contributed by atoms with E-state index in [1.165, 1.54) is 0 Å². The van der Waals surface area contributed by atoms with Crippen LogP contribution in [0.5, 0.6) is 11.5 Å². The molecule has 0 atom stereocenters. The van der Waals surface area contributed by atoms with Crippen molar-refractivity contribution in [1.29, 1.82) is 0 Å². The van der Waals surface area contributed by atoms with Gasteiger partial charge in [0, 0.05) is 12.7 Å². The van der Waals surface area contributed by atoms with Crippen LogP contribution in [0.3, 0.4) is 0 Å². The van der Waals surface area contributed by atoms with Gasteiger partial charge in [0.25, 0.3) is 0 Å². The standard InChI is InChI=1S/C19H22O4/c1-3-4-13-22-16-11-8-12-17(23-14-21-2)18(16)19(20)15-9-6-5-7-10-15/h5-12H,3-4,13-14H2,1-2H3. The molecule has 0 aliphatic carbocycles. The third-order valence-corrected chi connectivity index (χ3v) is 3.34. The van der Waals surface area contributed by atoms with E-state index in [4.69, 9.17) is 14.2 Å². The Bertz CT molecular complexity index is 623. The fourth-order valence-electron chi connectivity index (χ4n) is 2.16. The summed E-state index contributed by atoms with van der Waals surface area (Å²) in [6.45, 7) is 2.74. The van der Waals surface area contributed by atoms with E-state index in [-0.39, 0.29) is 12.6 Å². The molecule has 23 heavy (non-hydrogen) atoms. The molecule has 0 heterocycles. The van der Waals surface area contributed by atoms with Crippen molar-refractivity contribution in [3.63, 3.8) is 0 Å². The number of hydrogen-bond donors (Lipinski definition) is 0. The number of rotatable bonds is 9. The summed E-state index contributed by atoms with van der Waals surface area (Å²) in [6.07, 6.45) is 1.96. The Morgan fingerprint density at radius 2 is 1.65 bits per heavy atom. The predicted octanol–water partition coefficient (Wildman–Crippen LogP) is 4.08. The molecule has 2 rings (SSSR count). The normalized spacial score (nSPS) is 10.3. The van der Waals surface area contributed by atoms with E-state index < -0.39 is 0 Å². The molecule has 0 bridgehead atoms. The highest BCUT2D eigenvalue weighted by atomic mass is 16.7. The topological polar surface area (TPSA) is 44.8 Å². The van der Waals surface area contributed by atoms with E-state index in [9.17, 15) is 4.79 Å². The number of carbonyl (C=O) groups excluding carboxylic acids is 1. The zero-order valence-electron chi connectivity index (χ0n) is 13.6. The molecule has 4 nitrogen and oxygen atoms in total. The molecule has 0 radical (unpaired) electrons. The van der Waals surface area contributed by atoms with E-state index >= 15 is 0 Å². The molecule has 0 aliphatic heterocycles. The van der Waals surface area contributed by atoms with E-state index in [1.807, 2.05) is 24.3 Å². The van der Waals surface area contributed by atoms with Gasteiger partial charge in [-0.1, -0.05) is 49.7 Å². The SMILES string of the molecule is CCCCOc1cccc(OCOC)c1C(=O)c1ccccc1. The fraction of sp³-hybridized carbons (Fsp3) is 0.316. The van der Waals surface area contributed by atoms with Crippen LogP contribution >= 0.6 is 0 Å². The van der Waals surface area contributed by atoms with Crippen molar-refractivity contribution in [2.45, 2.75) is 19.8 Å². The molecule has 0 saturated carbocycles. The van der Waals surface area contributed by atoms with Gasteiger partial charge < -0.3 is 14.2 Å². The summed E-state index contributed by atoms with van der Waals surface area (Å²) in [5, 5.41) is 0. The minimum absolute atomic E-state index is 0.0769. The molecule has 0 aromatic heterocycles. The van der Waals surface area contributed by atoms with Crippen LogP contribution in [0, 0.1) is 0 Å². The lowest BCUT2D eigenvalue weighted by Gasteiger charge is -2.15. The molecule has 2 aromatic rings. The Morgan fingerprint density at radius 3 is 2.30 bits per heavy atom. The second-order valence-corrected chi connectivity index (χ2v) is 5.08. The fourth-order valence-corrected chi connectivity index (χ4v) is 2.16. The molecular weight excluding hydrogens is 292 g/mol. The second-order valence-electron chi connectivity index (χ2n) is 5.08. The lowest BCUT2D eigenvalue weighted by atomic mass is 10.0. The lowest BCUT2D eigenvalue weighted by molar-refractivity contribution is 0.0501. The highest BCUT2D eigenvalue weighted by Crippen LogP contribution is 2.31. The predicted molar refractivity (Wildman–Crippen MR) is 89.2 cm³/mol. The van der Waals surface area contributed by atoms with Crippen LogP contribution in [-0.2, 0) is 4.74 Å². The molecule has 0 aliphatic rings. The van der Waals surface area contributed by atoms with Crippen molar-refractivity contribution >= 4 is 5.78 Å². The Kier molecular flexibility index (Phi) is 6.63. The van der Waals surface area contributed by atoms with Crippen LogP contribution in [0.25, 0.3) is 0 Å². The summed E-state index contributed by atoms with van der Waals surface area (Å²) in [5.41, 5.74) is 1.04. The first-order valence-corrected chi connectivity index (χ1v) is 7.75. The third-order valence-electron chi connectivity index (χ3n) is 3.34. The minimum Gasteiger partial charge on any atom is -0.493 e. The Hall–Kier alpha value is -2.33. The summed E-state index contributed by atoms with van der Waals surface area (Å²) in [7, 11) is 1.54. The molecule has 122 valence electrons. The molecule has 0 saturated heterocycles. The van der Waals surface area contributed by atoms with E-state index in [1.54, 1.807) is 31.4 Å².